The average Bonchev–Trinajstić information content (AvgIpc) is 2.13. The highest BCUT2D eigenvalue weighted by Gasteiger charge is 2.53. The Bertz CT molecular complexity index is 267. The third-order valence-corrected chi connectivity index (χ3v) is 5.56. The van der Waals surface area contributed by atoms with Crippen LogP contribution in [0.25, 0.3) is 0 Å². The van der Waals surface area contributed by atoms with E-state index in [1.54, 1.807) is 6.92 Å². The van der Waals surface area contributed by atoms with Crippen molar-refractivity contribution >= 4 is 37.8 Å². The fourth-order valence-corrected chi connectivity index (χ4v) is 3.36. The summed E-state index contributed by atoms with van der Waals surface area (Å²) in [6.07, 6.45) is 0.818. The normalized spacial score (nSPS) is 39.9. The summed E-state index contributed by atoms with van der Waals surface area (Å²) in [4.78, 5) is 11.9. The van der Waals surface area contributed by atoms with Gasteiger partial charge in [0, 0.05) is 4.83 Å². The van der Waals surface area contributed by atoms with Gasteiger partial charge in [-0.1, -0.05) is 31.9 Å². The van der Waals surface area contributed by atoms with Gasteiger partial charge in [0.05, 0.1) is 17.5 Å². The zero-order valence-electron chi connectivity index (χ0n) is 9.34. The molecule has 0 saturated carbocycles. The second kappa shape index (κ2) is 4.34. The van der Waals surface area contributed by atoms with Crippen molar-refractivity contribution < 1.29 is 14.3 Å². The minimum atomic E-state index is -0.914. The lowest BCUT2D eigenvalue weighted by atomic mass is 9.87. The first kappa shape index (κ1) is 13.5. The number of rotatable bonds is 1. The molecule has 0 amide bonds. The molecule has 0 N–H and O–H groups in total. The van der Waals surface area contributed by atoms with Crippen molar-refractivity contribution in [2.24, 2.45) is 0 Å². The molecule has 1 heterocycles. The highest BCUT2D eigenvalue weighted by atomic mass is 79.9. The van der Waals surface area contributed by atoms with Crippen molar-refractivity contribution in [2.45, 2.75) is 48.0 Å². The predicted molar refractivity (Wildman–Crippen MR) is 65.6 cm³/mol. The lowest BCUT2D eigenvalue weighted by Gasteiger charge is -2.47. The second-order valence-electron chi connectivity index (χ2n) is 4.47. The Balaban J connectivity index is 2.95. The molecule has 0 bridgehead atoms. The van der Waals surface area contributed by atoms with E-state index in [0.717, 1.165) is 6.42 Å². The van der Waals surface area contributed by atoms with Crippen molar-refractivity contribution in [3.63, 3.8) is 0 Å². The summed E-state index contributed by atoms with van der Waals surface area (Å²) in [6.45, 7) is 5.69. The van der Waals surface area contributed by atoms with Gasteiger partial charge in [-0.2, -0.15) is 0 Å². The summed E-state index contributed by atoms with van der Waals surface area (Å²) in [5.41, 5.74) is -1.30. The molecule has 1 rings (SSSR count). The lowest BCUT2D eigenvalue weighted by molar-refractivity contribution is -0.195. The molecule has 0 aromatic heterocycles. The second-order valence-corrected chi connectivity index (χ2v) is 6.69. The summed E-state index contributed by atoms with van der Waals surface area (Å²) in [5, 5.41) is 0. The fourth-order valence-electron chi connectivity index (χ4n) is 1.74. The predicted octanol–water partition coefficient (Wildman–Crippen LogP) is 2.64. The Kier molecular flexibility index (Phi) is 3.89. The quantitative estimate of drug-likeness (QED) is 0.542. The van der Waals surface area contributed by atoms with Crippen LogP contribution in [0.4, 0.5) is 0 Å². The van der Waals surface area contributed by atoms with Crippen molar-refractivity contribution in [1.82, 2.24) is 0 Å². The van der Waals surface area contributed by atoms with E-state index < -0.39 is 5.60 Å². The lowest BCUT2D eigenvalue weighted by Crippen LogP contribution is -2.59. The topological polar surface area (TPSA) is 35.5 Å². The molecule has 1 fully saturated rings. The molecule has 1 saturated heterocycles. The molecule has 0 aromatic carbocycles. The number of carbonyl (C=O) groups excluding carboxylic acids is 1. The zero-order chi connectivity index (χ0) is 11.9. The maximum Gasteiger partial charge on any atom is 0.339 e. The summed E-state index contributed by atoms with van der Waals surface area (Å²) in [6, 6.07) is 0. The van der Waals surface area contributed by atoms with Gasteiger partial charge >= 0.3 is 5.97 Å². The van der Waals surface area contributed by atoms with Crippen LogP contribution in [0.5, 0.6) is 0 Å². The third kappa shape index (κ3) is 2.39. The number of hydrogen-bond donors (Lipinski definition) is 0. The third-order valence-electron chi connectivity index (χ3n) is 2.83. The molecule has 1 aliphatic rings. The van der Waals surface area contributed by atoms with Crippen molar-refractivity contribution in [2.75, 3.05) is 7.11 Å². The Hall–Kier alpha value is 0.390. The van der Waals surface area contributed by atoms with Crippen LogP contribution in [0.15, 0.2) is 0 Å². The first-order chi connectivity index (χ1) is 6.74. The van der Waals surface area contributed by atoms with Crippen LogP contribution >= 0.6 is 31.9 Å². The molecule has 0 aliphatic carbocycles. The Morgan fingerprint density at radius 1 is 1.33 bits per heavy atom. The number of halogens is 2. The number of hydrogen-bond acceptors (Lipinski definition) is 3. The van der Waals surface area contributed by atoms with E-state index in [4.69, 9.17) is 9.47 Å². The van der Waals surface area contributed by atoms with Gasteiger partial charge in [-0.3, -0.25) is 0 Å². The molecule has 0 aromatic rings. The largest absolute Gasteiger partial charge is 0.467 e. The van der Waals surface area contributed by atoms with Crippen LogP contribution in [0.2, 0.25) is 0 Å². The van der Waals surface area contributed by atoms with Crippen molar-refractivity contribution in [3.05, 3.63) is 0 Å². The van der Waals surface area contributed by atoms with Crippen LogP contribution in [-0.4, -0.2) is 33.9 Å². The van der Waals surface area contributed by atoms with Crippen molar-refractivity contribution in [1.29, 1.82) is 0 Å². The first-order valence-corrected chi connectivity index (χ1v) is 6.64. The highest BCUT2D eigenvalue weighted by molar-refractivity contribution is 9.10. The van der Waals surface area contributed by atoms with Gasteiger partial charge in [0.1, 0.15) is 0 Å². The number of carbonyl (C=O) groups is 1. The van der Waals surface area contributed by atoms with Gasteiger partial charge in [0.15, 0.2) is 5.60 Å². The van der Waals surface area contributed by atoms with Gasteiger partial charge < -0.3 is 9.47 Å². The summed E-state index contributed by atoms with van der Waals surface area (Å²) < 4.78 is 10.7. The van der Waals surface area contributed by atoms with Gasteiger partial charge in [-0.05, 0) is 27.2 Å². The monoisotopic (exact) mass is 342 g/mol. The molecular formula is C10H16Br2O3. The van der Waals surface area contributed by atoms with Gasteiger partial charge in [0.25, 0.3) is 0 Å². The van der Waals surface area contributed by atoms with Crippen LogP contribution in [0, 0.1) is 0 Å². The fraction of sp³-hybridized carbons (Fsp3) is 0.900. The number of esters is 1. The molecule has 0 radical (unpaired) electrons. The highest BCUT2D eigenvalue weighted by Crippen LogP contribution is 2.42. The number of ether oxygens (including phenoxy) is 2. The smallest absolute Gasteiger partial charge is 0.339 e. The van der Waals surface area contributed by atoms with Gasteiger partial charge in [0.2, 0.25) is 0 Å². The molecule has 3 nitrogen and oxygen atoms in total. The van der Waals surface area contributed by atoms with Gasteiger partial charge in [-0.25, -0.2) is 4.79 Å². The molecule has 0 unspecified atom stereocenters. The van der Waals surface area contributed by atoms with Crippen molar-refractivity contribution in [3.8, 4) is 0 Å². The first-order valence-electron chi connectivity index (χ1n) is 4.81. The van der Waals surface area contributed by atoms with E-state index in [2.05, 4.69) is 31.9 Å². The molecule has 1 aliphatic heterocycles. The molecule has 0 spiro atoms. The minimum Gasteiger partial charge on any atom is -0.467 e. The number of alkyl halides is 2. The summed E-state index contributed by atoms with van der Waals surface area (Å²) in [7, 11) is 1.38. The zero-order valence-corrected chi connectivity index (χ0v) is 12.5. The number of methoxy groups -OCH3 is 1. The Morgan fingerprint density at radius 3 is 2.33 bits per heavy atom. The maximum atomic E-state index is 11.7. The molecular weight excluding hydrogens is 328 g/mol. The SMILES string of the molecule is COC(=O)[C@]1(C)OC(C)(C)[C@H](Br)C[C@H]1Br. The summed E-state index contributed by atoms with van der Waals surface area (Å²) in [5.74, 6) is -0.336. The van der Waals surface area contributed by atoms with E-state index in [1.165, 1.54) is 7.11 Å². The minimum absolute atomic E-state index is 0.0464. The summed E-state index contributed by atoms with van der Waals surface area (Å²) >= 11 is 7.05. The van der Waals surface area contributed by atoms with E-state index in [9.17, 15) is 4.79 Å². The average molecular weight is 344 g/mol. The molecule has 88 valence electrons. The molecule has 15 heavy (non-hydrogen) atoms. The van der Waals surface area contributed by atoms with Crippen LogP contribution in [-0.2, 0) is 14.3 Å². The van der Waals surface area contributed by atoms with E-state index in [0.29, 0.717) is 0 Å². The molecule has 5 heteroatoms. The standard InChI is InChI=1S/C10H16Br2O3/c1-9(2)6(11)5-7(12)10(3,15-9)8(13)14-4/h6-7H,5H2,1-4H3/t6-,7-,10-/m1/s1. The molecule has 3 atom stereocenters. The van der Waals surface area contributed by atoms with Gasteiger partial charge in [-0.15, -0.1) is 0 Å². The maximum absolute atomic E-state index is 11.7. The van der Waals surface area contributed by atoms with E-state index in [-0.39, 0.29) is 21.2 Å². The Labute approximate surface area is 107 Å². The van der Waals surface area contributed by atoms with Crippen LogP contribution in [0.1, 0.15) is 27.2 Å². The van der Waals surface area contributed by atoms with Crippen LogP contribution in [0.3, 0.4) is 0 Å². The van der Waals surface area contributed by atoms with E-state index in [1.807, 2.05) is 13.8 Å². The van der Waals surface area contributed by atoms with E-state index >= 15 is 0 Å². The Morgan fingerprint density at radius 2 is 1.87 bits per heavy atom. The van der Waals surface area contributed by atoms with Crippen LogP contribution < -0.4 is 0 Å².